The summed E-state index contributed by atoms with van der Waals surface area (Å²) in [6.45, 7) is 4.11. The van der Waals surface area contributed by atoms with E-state index in [0.717, 1.165) is 18.7 Å². The number of fused-ring (bicyclic) bond motifs is 1. The first-order valence-electron chi connectivity index (χ1n) is 11.4. The number of aromatic nitrogens is 1. The summed E-state index contributed by atoms with van der Waals surface area (Å²) in [7, 11) is 0. The van der Waals surface area contributed by atoms with Crippen LogP contribution in [0.1, 0.15) is 35.4 Å². The van der Waals surface area contributed by atoms with Crippen LogP contribution in [0.4, 0.5) is 0 Å². The number of benzene rings is 3. The van der Waals surface area contributed by atoms with Gasteiger partial charge in [-0.1, -0.05) is 60.7 Å². The van der Waals surface area contributed by atoms with Gasteiger partial charge in [0.15, 0.2) is 0 Å². The predicted molar refractivity (Wildman–Crippen MR) is 128 cm³/mol. The Labute approximate surface area is 184 Å². The molecular formula is C28H30N2O. The monoisotopic (exact) mass is 410 g/mol. The molecule has 0 saturated carbocycles. The van der Waals surface area contributed by atoms with Crippen molar-refractivity contribution in [3.05, 3.63) is 102 Å². The van der Waals surface area contributed by atoms with Crippen LogP contribution in [0.15, 0.2) is 85.1 Å². The number of aromatic amines is 1. The molecule has 4 aromatic rings. The molecule has 1 saturated heterocycles. The topological polar surface area (TPSA) is 28.3 Å². The fourth-order valence-corrected chi connectivity index (χ4v) is 4.68. The summed E-state index contributed by atoms with van der Waals surface area (Å²) in [6, 6.07) is 27.6. The minimum atomic E-state index is 0.617. The third kappa shape index (κ3) is 4.83. The molecule has 0 bridgehead atoms. The summed E-state index contributed by atoms with van der Waals surface area (Å²) < 4.78 is 5.91. The van der Waals surface area contributed by atoms with E-state index < -0.39 is 0 Å². The van der Waals surface area contributed by atoms with Crippen molar-refractivity contribution < 1.29 is 4.74 Å². The van der Waals surface area contributed by atoms with Gasteiger partial charge in [0.2, 0.25) is 0 Å². The molecule has 1 aliphatic rings. The van der Waals surface area contributed by atoms with Gasteiger partial charge in [0.05, 0.1) is 0 Å². The van der Waals surface area contributed by atoms with E-state index in [9.17, 15) is 0 Å². The highest BCUT2D eigenvalue weighted by Gasteiger charge is 2.22. The lowest BCUT2D eigenvalue weighted by Crippen LogP contribution is -2.34. The normalized spacial score (nSPS) is 15.4. The Hall–Kier alpha value is -3.04. The maximum atomic E-state index is 5.91. The van der Waals surface area contributed by atoms with E-state index in [-0.39, 0.29) is 0 Å². The van der Waals surface area contributed by atoms with Gasteiger partial charge in [-0.25, -0.2) is 0 Å². The number of piperidine rings is 1. The average molecular weight is 411 g/mol. The van der Waals surface area contributed by atoms with Crippen LogP contribution in [-0.2, 0) is 13.0 Å². The maximum Gasteiger partial charge on any atom is 0.119 e. The number of nitrogens with one attached hydrogen (secondary N) is 1. The van der Waals surface area contributed by atoms with Crippen molar-refractivity contribution in [1.29, 1.82) is 0 Å². The molecule has 31 heavy (non-hydrogen) atoms. The van der Waals surface area contributed by atoms with Crippen LogP contribution in [0, 0.1) is 0 Å². The molecule has 1 aromatic heterocycles. The summed E-state index contributed by atoms with van der Waals surface area (Å²) in [6.07, 6.45) is 5.81. The van der Waals surface area contributed by atoms with Crippen molar-refractivity contribution in [2.24, 2.45) is 0 Å². The second-order valence-corrected chi connectivity index (χ2v) is 8.57. The summed E-state index contributed by atoms with van der Waals surface area (Å²) >= 11 is 0. The van der Waals surface area contributed by atoms with E-state index >= 15 is 0 Å². The Morgan fingerprint density at radius 2 is 1.55 bits per heavy atom. The molecule has 0 radical (unpaired) electrons. The Morgan fingerprint density at radius 3 is 2.35 bits per heavy atom. The van der Waals surface area contributed by atoms with Gasteiger partial charge in [0.1, 0.15) is 12.4 Å². The molecule has 3 aromatic carbocycles. The third-order valence-electron chi connectivity index (χ3n) is 6.54. The average Bonchev–Trinajstić information content (AvgIpc) is 3.27. The van der Waals surface area contributed by atoms with Gasteiger partial charge in [-0.05, 0) is 73.2 Å². The lowest BCUT2D eigenvalue weighted by Gasteiger charge is -2.32. The SMILES string of the molecule is c1ccc(COc2ccc(CCN3CCC(c4c[nH]c5ccccc45)CC3)cc2)cc1. The number of nitrogens with zero attached hydrogens (tertiary/aromatic N) is 1. The lowest BCUT2D eigenvalue weighted by molar-refractivity contribution is 0.215. The van der Waals surface area contributed by atoms with Crippen LogP contribution in [0.25, 0.3) is 10.9 Å². The molecule has 0 aliphatic carbocycles. The highest BCUT2D eigenvalue weighted by Crippen LogP contribution is 2.33. The van der Waals surface area contributed by atoms with E-state index in [0.29, 0.717) is 12.5 Å². The molecule has 0 unspecified atom stereocenters. The minimum Gasteiger partial charge on any atom is -0.489 e. The van der Waals surface area contributed by atoms with E-state index in [1.807, 2.05) is 18.2 Å². The summed E-state index contributed by atoms with van der Waals surface area (Å²) in [4.78, 5) is 6.06. The maximum absolute atomic E-state index is 5.91. The van der Waals surface area contributed by atoms with Crippen molar-refractivity contribution in [1.82, 2.24) is 9.88 Å². The standard InChI is InChI=1S/C28H30N2O/c1-2-6-23(7-3-1)21-31-25-12-10-22(11-13-25)14-17-30-18-15-24(16-19-30)27-20-29-28-9-5-4-8-26(27)28/h1-13,20,24,29H,14-19,21H2. The van der Waals surface area contributed by atoms with Crippen molar-refractivity contribution in [2.75, 3.05) is 19.6 Å². The molecule has 158 valence electrons. The summed E-state index contributed by atoms with van der Waals surface area (Å²) in [5.74, 6) is 1.61. The third-order valence-corrected chi connectivity index (χ3v) is 6.54. The van der Waals surface area contributed by atoms with E-state index in [1.54, 1.807) is 0 Å². The van der Waals surface area contributed by atoms with E-state index in [4.69, 9.17) is 4.74 Å². The number of para-hydroxylation sites is 1. The molecule has 3 heteroatoms. The molecule has 1 N–H and O–H groups in total. The summed E-state index contributed by atoms with van der Waals surface area (Å²) in [5, 5.41) is 1.40. The van der Waals surface area contributed by atoms with Crippen LogP contribution < -0.4 is 4.74 Å². The van der Waals surface area contributed by atoms with Crippen molar-refractivity contribution >= 4 is 10.9 Å². The number of H-pyrrole nitrogens is 1. The molecule has 5 rings (SSSR count). The molecule has 0 atom stereocenters. The smallest absolute Gasteiger partial charge is 0.119 e. The Kier molecular flexibility index (Phi) is 6.03. The van der Waals surface area contributed by atoms with Gasteiger partial charge in [0.25, 0.3) is 0 Å². The minimum absolute atomic E-state index is 0.617. The second kappa shape index (κ2) is 9.40. The van der Waals surface area contributed by atoms with Crippen molar-refractivity contribution in [2.45, 2.75) is 31.8 Å². The lowest BCUT2D eigenvalue weighted by atomic mass is 9.89. The summed E-state index contributed by atoms with van der Waals surface area (Å²) in [5.41, 5.74) is 5.34. The van der Waals surface area contributed by atoms with Crippen LogP contribution in [0.2, 0.25) is 0 Å². The zero-order valence-electron chi connectivity index (χ0n) is 18.0. The van der Waals surface area contributed by atoms with Crippen molar-refractivity contribution in [3.63, 3.8) is 0 Å². The van der Waals surface area contributed by atoms with Crippen LogP contribution in [0.5, 0.6) is 5.75 Å². The van der Waals surface area contributed by atoms with Crippen LogP contribution >= 0.6 is 0 Å². The zero-order chi connectivity index (χ0) is 20.9. The quantitative estimate of drug-likeness (QED) is 0.395. The largest absolute Gasteiger partial charge is 0.489 e. The zero-order valence-corrected chi connectivity index (χ0v) is 18.0. The van der Waals surface area contributed by atoms with Crippen molar-refractivity contribution in [3.8, 4) is 5.75 Å². The van der Waals surface area contributed by atoms with Crippen LogP contribution in [0.3, 0.4) is 0 Å². The van der Waals surface area contributed by atoms with Gasteiger partial charge in [-0.2, -0.15) is 0 Å². The first-order chi connectivity index (χ1) is 15.3. The Bertz CT molecular complexity index is 1090. The molecule has 2 heterocycles. The Balaban J connectivity index is 1.09. The van der Waals surface area contributed by atoms with Gasteiger partial charge in [-0.3, -0.25) is 0 Å². The first-order valence-corrected chi connectivity index (χ1v) is 11.4. The Morgan fingerprint density at radius 1 is 0.806 bits per heavy atom. The van der Waals surface area contributed by atoms with E-state index in [1.165, 1.54) is 53.5 Å². The number of hydrogen-bond donors (Lipinski definition) is 1. The highest BCUT2D eigenvalue weighted by molar-refractivity contribution is 5.83. The van der Waals surface area contributed by atoms with Gasteiger partial charge < -0.3 is 14.6 Å². The van der Waals surface area contributed by atoms with Crippen LogP contribution in [-0.4, -0.2) is 29.5 Å². The fourth-order valence-electron chi connectivity index (χ4n) is 4.68. The molecule has 1 fully saturated rings. The first kappa shape index (κ1) is 19.9. The predicted octanol–water partition coefficient (Wildman–Crippen LogP) is 6.17. The number of likely N-dealkylation sites (tertiary alicyclic amines) is 1. The fraction of sp³-hybridized carbons (Fsp3) is 0.286. The van der Waals surface area contributed by atoms with E-state index in [2.05, 4.69) is 76.7 Å². The number of rotatable bonds is 7. The number of ether oxygens (including phenoxy) is 1. The molecule has 3 nitrogen and oxygen atoms in total. The molecule has 0 amide bonds. The molecule has 0 spiro atoms. The highest BCUT2D eigenvalue weighted by atomic mass is 16.5. The second-order valence-electron chi connectivity index (χ2n) is 8.57. The van der Waals surface area contributed by atoms with Gasteiger partial charge in [-0.15, -0.1) is 0 Å². The van der Waals surface area contributed by atoms with Gasteiger partial charge in [0, 0.05) is 23.6 Å². The number of hydrogen-bond acceptors (Lipinski definition) is 2. The molecule has 1 aliphatic heterocycles. The molecular weight excluding hydrogens is 380 g/mol. The van der Waals surface area contributed by atoms with Gasteiger partial charge >= 0.3 is 0 Å².